The van der Waals surface area contributed by atoms with Gasteiger partial charge in [0, 0.05) is 6.07 Å². The zero-order valence-corrected chi connectivity index (χ0v) is 8.71. The highest BCUT2D eigenvalue weighted by atomic mass is 16.5. The molecule has 80 valence electrons. The summed E-state index contributed by atoms with van der Waals surface area (Å²) in [6, 6.07) is 3.58. The minimum absolute atomic E-state index is 0.0328. The molecule has 1 N–H and O–H groups in total. The van der Waals surface area contributed by atoms with E-state index in [1.165, 1.54) is 0 Å². The van der Waals surface area contributed by atoms with Crippen molar-refractivity contribution in [2.24, 2.45) is 0 Å². The molecule has 15 heavy (non-hydrogen) atoms. The Bertz CT molecular complexity index is 467. The van der Waals surface area contributed by atoms with E-state index in [2.05, 4.69) is 9.97 Å². The number of methoxy groups -OCH3 is 1. The number of nitrogens with zero attached hydrogens (tertiary/aromatic N) is 3. The van der Waals surface area contributed by atoms with Crippen molar-refractivity contribution in [2.45, 2.75) is 13.0 Å². The van der Waals surface area contributed by atoms with Gasteiger partial charge in [-0.3, -0.25) is 0 Å². The summed E-state index contributed by atoms with van der Waals surface area (Å²) in [6.45, 7) is 1.96. The number of hydrogen-bond donors (Lipinski definition) is 1. The molecule has 0 saturated carbocycles. The van der Waals surface area contributed by atoms with Gasteiger partial charge in [-0.2, -0.15) is 4.98 Å². The van der Waals surface area contributed by atoms with E-state index in [9.17, 15) is 0 Å². The molecule has 0 radical (unpaired) electrons. The third kappa shape index (κ3) is 1.66. The quantitative estimate of drug-likeness (QED) is 0.815. The summed E-state index contributed by atoms with van der Waals surface area (Å²) in [7, 11) is 1.57. The Hall–Kier alpha value is -1.62. The van der Waals surface area contributed by atoms with Crippen LogP contribution < -0.4 is 4.74 Å². The number of ether oxygens (including phenoxy) is 1. The highest BCUT2D eigenvalue weighted by Gasteiger charge is 2.10. The molecular formula is C10H13N3O2. The van der Waals surface area contributed by atoms with Crippen LogP contribution >= 0.6 is 0 Å². The van der Waals surface area contributed by atoms with Gasteiger partial charge in [-0.1, -0.05) is 0 Å². The molecule has 0 aliphatic rings. The number of aliphatic hydroxyl groups excluding tert-OH is 1. The Balaban J connectivity index is 2.56. The molecule has 5 nitrogen and oxygen atoms in total. The lowest BCUT2D eigenvalue weighted by Gasteiger charge is -2.10. The number of pyridine rings is 1. The Morgan fingerprint density at radius 3 is 3.00 bits per heavy atom. The van der Waals surface area contributed by atoms with E-state index in [-0.39, 0.29) is 12.6 Å². The van der Waals surface area contributed by atoms with Crippen LogP contribution in [0.5, 0.6) is 5.88 Å². The van der Waals surface area contributed by atoms with Crippen LogP contribution in [0.15, 0.2) is 18.5 Å². The van der Waals surface area contributed by atoms with Crippen LogP contribution in [-0.2, 0) is 0 Å². The molecule has 2 aromatic heterocycles. The Kier molecular flexibility index (Phi) is 2.55. The van der Waals surface area contributed by atoms with Crippen LogP contribution in [-0.4, -0.2) is 33.4 Å². The second-order valence-corrected chi connectivity index (χ2v) is 3.38. The third-order valence-electron chi connectivity index (χ3n) is 2.34. The molecule has 0 aliphatic carbocycles. The molecule has 0 aliphatic heterocycles. The number of fused-ring (bicyclic) bond motifs is 1. The van der Waals surface area contributed by atoms with Crippen molar-refractivity contribution in [3.05, 3.63) is 18.5 Å². The van der Waals surface area contributed by atoms with E-state index < -0.39 is 0 Å². The lowest BCUT2D eigenvalue weighted by molar-refractivity contribution is 0.240. The van der Waals surface area contributed by atoms with Gasteiger partial charge in [0.2, 0.25) is 5.88 Å². The number of aliphatic hydroxyl groups is 1. The fourth-order valence-electron chi connectivity index (χ4n) is 1.42. The maximum absolute atomic E-state index is 9.08. The zero-order chi connectivity index (χ0) is 10.8. The molecule has 0 unspecified atom stereocenters. The SMILES string of the molecule is COc1ccc2ncn([C@@H](C)CO)c2n1. The van der Waals surface area contributed by atoms with Gasteiger partial charge in [-0.15, -0.1) is 0 Å². The van der Waals surface area contributed by atoms with Crippen molar-refractivity contribution < 1.29 is 9.84 Å². The van der Waals surface area contributed by atoms with Crippen LogP contribution in [0.25, 0.3) is 11.2 Å². The monoisotopic (exact) mass is 207 g/mol. The van der Waals surface area contributed by atoms with Crippen molar-refractivity contribution >= 4 is 11.2 Å². The van der Waals surface area contributed by atoms with Crippen molar-refractivity contribution in [1.29, 1.82) is 0 Å². The molecule has 0 bridgehead atoms. The second kappa shape index (κ2) is 3.86. The molecule has 0 fully saturated rings. The summed E-state index contributed by atoms with van der Waals surface area (Å²) >= 11 is 0. The minimum Gasteiger partial charge on any atom is -0.481 e. The Morgan fingerprint density at radius 2 is 2.33 bits per heavy atom. The van der Waals surface area contributed by atoms with Gasteiger partial charge in [-0.25, -0.2) is 4.98 Å². The van der Waals surface area contributed by atoms with E-state index in [4.69, 9.17) is 9.84 Å². The van der Waals surface area contributed by atoms with Crippen molar-refractivity contribution in [2.75, 3.05) is 13.7 Å². The first-order valence-corrected chi connectivity index (χ1v) is 4.74. The summed E-state index contributed by atoms with van der Waals surface area (Å²) in [5, 5.41) is 9.08. The van der Waals surface area contributed by atoms with Gasteiger partial charge >= 0.3 is 0 Å². The van der Waals surface area contributed by atoms with Crippen molar-refractivity contribution in [1.82, 2.24) is 14.5 Å². The average Bonchev–Trinajstić information content (AvgIpc) is 2.70. The molecule has 0 aromatic carbocycles. The average molecular weight is 207 g/mol. The Morgan fingerprint density at radius 1 is 1.53 bits per heavy atom. The first kappa shape index (κ1) is 9.92. The zero-order valence-electron chi connectivity index (χ0n) is 8.71. The predicted molar refractivity (Wildman–Crippen MR) is 55.9 cm³/mol. The predicted octanol–water partition coefficient (Wildman–Crippen LogP) is 0.993. The van der Waals surface area contributed by atoms with Gasteiger partial charge in [0.25, 0.3) is 0 Å². The normalized spacial score (nSPS) is 13.0. The number of hydrogen-bond acceptors (Lipinski definition) is 4. The first-order valence-electron chi connectivity index (χ1n) is 4.74. The molecule has 2 aromatic rings. The summed E-state index contributed by atoms with van der Waals surface area (Å²) in [4.78, 5) is 8.49. The van der Waals surface area contributed by atoms with Crippen LogP contribution in [0.2, 0.25) is 0 Å². The summed E-state index contributed by atoms with van der Waals surface area (Å²) < 4.78 is 6.88. The molecule has 1 atom stereocenters. The molecule has 2 rings (SSSR count). The lowest BCUT2D eigenvalue weighted by Crippen LogP contribution is -2.08. The maximum atomic E-state index is 9.08. The lowest BCUT2D eigenvalue weighted by atomic mass is 10.3. The molecule has 0 amide bonds. The first-order chi connectivity index (χ1) is 7.26. The van der Waals surface area contributed by atoms with E-state index in [1.807, 2.05) is 17.6 Å². The van der Waals surface area contributed by atoms with E-state index >= 15 is 0 Å². The number of rotatable bonds is 3. The van der Waals surface area contributed by atoms with Crippen LogP contribution in [0, 0.1) is 0 Å². The van der Waals surface area contributed by atoms with Crippen LogP contribution in [0.1, 0.15) is 13.0 Å². The molecule has 5 heteroatoms. The highest BCUT2D eigenvalue weighted by molar-refractivity contribution is 5.71. The molecule has 0 spiro atoms. The summed E-state index contributed by atoms with van der Waals surface area (Å²) in [5.74, 6) is 0.550. The van der Waals surface area contributed by atoms with E-state index in [0.717, 1.165) is 11.2 Å². The highest BCUT2D eigenvalue weighted by Crippen LogP contribution is 2.18. The number of imidazole rings is 1. The van der Waals surface area contributed by atoms with E-state index in [0.29, 0.717) is 5.88 Å². The van der Waals surface area contributed by atoms with E-state index in [1.54, 1.807) is 19.5 Å². The molecule has 2 heterocycles. The fourth-order valence-corrected chi connectivity index (χ4v) is 1.42. The summed E-state index contributed by atoms with van der Waals surface area (Å²) in [5.41, 5.74) is 1.53. The smallest absolute Gasteiger partial charge is 0.215 e. The molecular weight excluding hydrogens is 194 g/mol. The third-order valence-corrected chi connectivity index (χ3v) is 2.34. The maximum Gasteiger partial charge on any atom is 0.215 e. The van der Waals surface area contributed by atoms with Gasteiger partial charge < -0.3 is 14.4 Å². The van der Waals surface area contributed by atoms with Gasteiger partial charge in [0.15, 0.2) is 5.65 Å². The van der Waals surface area contributed by atoms with Gasteiger partial charge in [0.05, 0.1) is 26.1 Å². The van der Waals surface area contributed by atoms with Crippen molar-refractivity contribution in [3.8, 4) is 5.88 Å². The molecule has 0 saturated heterocycles. The Labute approximate surface area is 87.3 Å². The fraction of sp³-hybridized carbons (Fsp3) is 0.400. The van der Waals surface area contributed by atoms with Crippen LogP contribution in [0.4, 0.5) is 0 Å². The minimum atomic E-state index is -0.0328. The van der Waals surface area contributed by atoms with Gasteiger partial charge in [0.1, 0.15) is 5.52 Å². The van der Waals surface area contributed by atoms with Crippen LogP contribution in [0.3, 0.4) is 0 Å². The van der Waals surface area contributed by atoms with Crippen molar-refractivity contribution in [3.63, 3.8) is 0 Å². The van der Waals surface area contributed by atoms with Gasteiger partial charge in [-0.05, 0) is 13.0 Å². The topological polar surface area (TPSA) is 60.2 Å². The second-order valence-electron chi connectivity index (χ2n) is 3.38. The summed E-state index contributed by atoms with van der Waals surface area (Å²) in [6.07, 6.45) is 1.68. The largest absolute Gasteiger partial charge is 0.481 e. The standard InChI is InChI=1S/C10H13N3O2/c1-7(5-14)13-6-11-8-3-4-9(15-2)12-10(8)13/h3-4,6-7,14H,5H2,1-2H3/t7-/m0/s1. The number of aromatic nitrogens is 3.